The van der Waals surface area contributed by atoms with E-state index in [9.17, 15) is 4.79 Å². The van der Waals surface area contributed by atoms with Crippen LogP contribution in [0.5, 0.6) is 0 Å². The first-order chi connectivity index (χ1) is 11.3. The highest BCUT2D eigenvalue weighted by molar-refractivity contribution is 7.17. The zero-order valence-electron chi connectivity index (χ0n) is 13.1. The molecule has 0 N–H and O–H groups in total. The van der Waals surface area contributed by atoms with E-state index in [-0.39, 0.29) is 5.92 Å². The Morgan fingerprint density at radius 1 is 1.00 bits per heavy atom. The molecule has 2 saturated heterocycles. The predicted molar refractivity (Wildman–Crippen MR) is 90.0 cm³/mol. The Hall–Kier alpha value is -1.89. The topological polar surface area (TPSA) is 54.3 Å². The highest BCUT2D eigenvalue weighted by Gasteiger charge is 2.30. The molecule has 1 amide bonds. The minimum atomic E-state index is 0.196. The van der Waals surface area contributed by atoms with Gasteiger partial charge in [-0.3, -0.25) is 9.36 Å². The van der Waals surface area contributed by atoms with E-state index in [1.165, 1.54) is 0 Å². The van der Waals surface area contributed by atoms with Crippen LogP contribution in [0.4, 0.5) is 5.13 Å². The summed E-state index contributed by atoms with van der Waals surface area (Å²) >= 11 is 1.60. The number of likely N-dealkylation sites (tertiary alicyclic amines) is 1. The Labute approximate surface area is 139 Å². The molecule has 0 aromatic carbocycles. The van der Waals surface area contributed by atoms with Gasteiger partial charge in [0.2, 0.25) is 16.2 Å². The van der Waals surface area contributed by atoms with Gasteiger partial charge in [0.1, 0.15) is 0 Å². The first kappa shape index (κ1) is 14.7. The predicted octanol–water partition coefficient (Wildman–Crippen LogP) is 2.17. The van der Waals surface area contributed by atoms with Gasteiger partial charge < -0.3 is 9.80 Å². The number of anilines is 1. The summed E-state index contributed by atoms with van der Waals surface area (Å²) in [5.74, 6) is 0.564. The smallest absolute Gasteiger partial charge is 0.225 e. The maximum absolute atomic E-state index is 12.5. The van der Waals surface area contributed by atoms with Crippen molar-refractivity contribution in [2.45, 2.75) is 25.7 Å². The SMILES string of the molecule is O=C(C1CCN(c2nnc(-n3cccc3)s2)CC1)N1CCCC1. The molecule has 6 nitrogen and oxygen atoms in total. The first-order valence-electron chi connectivity index (χ1n) is 8.32. The van der Waals surface area contributed by atoms with Crippen molar-refractivity contribution in [1.29, 1.82) is 0 Å². The van der Waals surface area contributed by atoms with Crippen molar-refractivity contribution >= 4 is 22.4 Å². The number of amides is 1. The average molecular weight is 331 g/mol. The van der Waals surface area contributed by atoms with E-state index in [0.29, 0.717) is 5.91 Å². The molecular formula is C16H21N5OS. The molecule has 4 heterocycles. The Morgan fingerprint density at radius 2 is 1.65 bits per heavy atom. The lowest BCUT2D eigenvalue weighted by atomic mass is 9.95. The summed E-state index contributed by atoms with van der Waals surface area (Å²) < 4.78 is 1.98. The number of carbonyl (C=O) groups is 1. The highest BCUT2D eigenvalue weighted by Crippen LogP contribution is 2.29. The zero-order chi connectivity index (χ0) is 15.6. The number of rotatable bonds is 3. The second-order valence-corrected chi connectivity index (χ2v) is 7.19. The molecule has 0 radical (unpaired) electrons. The van der Waals surface area contributed by atoms with E-state index in [1.807, 2.05) is 29.1 Å². The molecule has 23 heavy (non-hydrogen) atoms. The molecule has 0 saturated carbocycles. The molecule has 0 spiro atoms. The lowest BCUT2D eigenvalue weighted by Crippen LogP contribution is -2.41. The Balaban J connectivity index is 1.37. The van der Waals surface area contributed by atoms with E-state index in [4.69, 9.17) is 0 Å². The monoisotopic (exact) mass is 331 g/mol. The fourth-order valence-electron chi connectivity index (χ4n) is 3.42. The van der Waals surface area contributed by atoms with Crippen LogP contribution in [0, 0.1) is 5.92 Å². The zero-order valence-corrected chi connectivity index (χ0v) is 13.9. The number of piperidine rings is 1. The number of aromatic nitrogens is 3. The second kappa shape index (κ2) is 6.31. The van der Waals surface area contributed by atoms with Gasteiger partial charge in [-0.1, -0.05) is 11.3 Å². The van der Waals surface area contributed by atoms with Crippen LogP contribution in [-0.4, -0.2) is 51.8 Å². The molecule has 2 aliphatic heterocycles. The molecule has 2 aromatic rings. The van der Waals surface area contributed by atoms with Gasteiger partial charge in [0, 0.05) is 44.5 Å². The molecule has 2 aliphatic rings. The summed E-state index contributed by atoms with van der Waals surface area (Å²) in [7, 11) is 0. The van der Waals surface area contributed by atoms with Crippen LogP contribution in [0.2, 0.25) is 0 Å². The van der Waals surface area contributed by atoms with E-state index < -0.39 is 0 Å². The Morgan fingerprint density at radius 3 is 2.35 bits per heavy atom. The number of hydrogen-bond donors (Lipinski definition) is 0. The summed E-state index contributed by atoms with van der Waals surface area (Å²) in [5, 5.41) is 10.4. The largest absolute Gasteiger partial charge is 0.347 e. The highest BCUT2D eigenvalue weighted by atomic mass is 32.1. The summed E-state index contributed by atoms with van der Waals surface area (Å²) in [6.07, 6.45) is 8.13. The quantitative estimate of drug-likeness (QED) is 0.865. The van der Waals surface area contributed by atoms with Crippen LogP contribution >= 0.6 is 11.3 Å². The molecule has 0 unspecified atom stereocenters. The minimum Gasteiger partial charge on any atom is -0.347 e. The van der Waals surface area contributed by atoms with E-state index in [0.717, 1.165) is 62.1 Å². The number of nitrogens with zero attached hydrogens (tertiary/aromatic N) is 5. The van der Waals surface area contributed by atoms with Crippen LogP contribution in [-0.2, 0) is 4.79 Å². The van der Waals surface area contributed by atoms with Gasteiger partial charge in [-0.2, -0.15) is 0 Å². The third-order valence-corrected chi connectivity index (χ3v) is 5.76. The van der Waals surface area contributed by atoms with Crippen LogP contribution in [0.1, 0.15) is 25.7 Å². The summed E-state index contributed by atoms with van der Waals surface area (Å²) in [4.78, 5) is 16.8. The first-order valence-corrected chi connectivity index (χ1v) is 9.13. The minimum absolute atomic E-state index is 0.196. The van der Waals surface area contributed by atoms with Crippen LogP contribution < -0.4 is 4.90 Å². The summed E-state index contributed by atoms with van der Waals surface area (Å²) in [6, 6.07) is 3.97. The van der Waals surface area contributed by atoms with Crippen LogP contribution in [0.3, 0.4) is 0 Å². The third kappa shape index (κ3) is 2.97. The molecule has 0 bridgehead atoms. The van der Waals surface area contributed by atoms with E-state index in [2.05, 4.69) is 20.0 Å². The fraction of sp³-hybridized carbons (Fsp3) is 0.562. The number of carbonyl (C=O) groups excluding carboxylic acids is 1. The van der Waals surface area contributed by atoms with Crippen molar-refractivity contribution in [2.24, 2.45) is 5.92 Å². The summed E-state index contributed by atoms with van der Waals surface area (Å²) in [6.45, 7) is 3.69. The van der Waals surface area contributed by atoms with Crippen LogP contribution in [0.15, 0.2) is 24.5 Å². The maximum atomic E-state index is 12.5. The van der Waals surface area contributed by atoms with Crippen molar-refractivity contribution in [3.8, 4) is 5.13 Å². The van der Waals surface area contributed by atoms with Crippen molar-refractivity contribution in [2.75, 3.05) is 31.1 Å². The lowest BCUT2D eigenvalue weighted by molar-refractivity contribution is -0.135. The molecule has 2 aromatic heterocycles. The van der Waals surface area contributed by atoms with Crippen molar-refractivity contribution < 1.29 is 4.79 Å². The van der Waals surface area contributed by atoms with Gasteiger partial charge in [-0.15, -0.1) is 10.2 Å². The third-order valence-electron chi connectivity index (χ3n) is 4.76. The summed E-state index contributed by atoms with van der Waals surface area (Å²) in [5.41, 5.74) is 0. The van der Waals surface area contributed by atoms with Gasteiger partial charge in [0.15, 0.2) is 0 Å². The van der Waals surface area contributed by atoms with Gasteiger partial charge in [-0.05, 0) is 37.8 Å². The normalized spacial score (nSPS) is 19.5. The Bertz CT molecular complexity index is 654. The molecule has 0 atom stereocenters. The standard InChI is InChI=1S/C16H21N5OS/c22-14(19-7-1-2-8-19)13-5-11-21(12-6-13)16-18-17-15(23-16)20-9-3-4-10-20/h3-4,9-10,13H,1-2,5-8,11-12H2. The molecule has 4 rings (SSSR count). The molecule has 7 heteroatoms. The van der Waals surface area contributed by atoms with Gasteiger partial charge in [0.25, 0.3) is 0 Å². The van der Waals surface area contributed by atoms with Crippen LogP contribution in [0.25, 0.3) is 5.13 Å². The fourth-order valence-corrected chi connectivity index (χ4v) is 4.28. The van der Waals surface area contributed by atoms with Gasteiger partial charge >= 0.3 is 0 Å². The van der Waals surface area contributed by atoms with E-state index >= 15 is 0 Å². The molecule has 2 fully saturated rings. The van der Waals surface area contributed by atoms with E-state index in [1.54, 1.807) is 11.3 Å². The molecular weight excluding hydrogens is 310 g/mol. The maximum Gasteiger partial charge on any atom is 0.225 e. The van der Waals surface area contributed by atoms with Crippen molar-refractivity contribution in [1.82, 2.24) is 19.7 Å². The Kier molecular flexibility index (Phi) is 4.03. The van der Waals surface area contributed by atoms with Crippen molar-refractivity contribution in [3.05, 3.63) is 24.5 Å². The second-order valence-electron chi connectivity index (χ2n) is 6.25. The van der Waals surface area contributed by atoms with Crippen molar-refractivity contribution in [3.63, 3.8) is 0 Å². The number of hydrogen-bond acceptors (Lipinski definition) is 5. The lowest BCUT2D eigenvalue weighted by Gasteiger charge is -2.32. The van der Waals surface area contributed by atoms with Gasteiger partial charge in [-0.25, -0.2) is 0 Å². The van der Waals surface area contributed by atoms with Gasteiger partial charge in [0.05, 0.1) is 0 Å². The molecule has 122 valence electrons. The molecule has 0 aliphatic carbocycles. The average Bonchev–Trinajstić information content (AvgIpc) is 3.36.